The number of hydrazone groups is 1. The Hall–Kier alpha value is -2.32. The molecule has 0 bridgehead atoms. The summed E-state index contributed by atoms with van der Waals surface area (Å²) in [6.45, 7) is 5.94. The maximum absolute atomic E-state index is 11.9. The molecular formula is C16H17N5OS2. The van der Waals surface area contributed by atoms with Crippen molar-refractivity contribution in [3.8, 4) is 5.13 Å². The molecule has 1 amide bonds. The van der Waals surface area contributed by atoms with Crippen LogP contribution in [0.4, 0.5) is 0 Å². The Morgan fingerprint density at radius 3 is 2.88 bits per heavy atom. The molecule has 3 heterocycles. The number of nitrogens with one attached hydrogen (secondary N) is 1. The first-order chi connectivity index (χ1) is 11.5. The van der Waals surface area contributed by atoms with Gasteiger partial charge in [-0.2, -0.15) is 5.10 Å². The number of carbonyl (C=O) groups excluding carboxylic acids is 1. The van der Waals surface area contributed by atoms with Crippen LogP contribution in [0.5, 0.6) is 0 Å². The van der Waals surface area contributed by atoms with Gasteiger partial charge in [0.05, 0.1) is 12.6 Å². The predicted octanol–water partition coefficient (Wildman–Crippen LogP) is 3.01. The molecule has 0 aliphatic heterocycles. The second kappa shape index (κ2) is 7.06. The SMILES string of the molecule is Cc1csc(CC(=O)N/N=C\c2cc(C)n(-c3nccs3)c2C)n1. The third kappa shape index (κ3) is 3.60. The third-order valence-corrected chi connectivity index (χ3v) is 5.18. The molecule has 3 aromatic heterocycles. The second-order valence-electron chi connectivity index (χ2n) is 5.33. The standard InChI is InChI=1S/C16H17N5OS2/c1-10-9-24-15(19-10)7-14(22)20-18-8-13-6-11(2)21(12(13)3)16-17-4-5-23-16/h4-6,8-9H,7H2,1-3H3,(H,20,22)/b18-8-. The minimum atomic E-state index is -0.172. The molecule has 3 rings (SSSR count). The van der Waals surface area contributed by atoms with Gasteiger partial charge in [-0.3, -0.25) is 9.36 Å². The Kier molecular flexibility index (Phi) is 4.86. The molecular weight excluding hydrogens is 342 g/mol. The highest BCUT2D eigenvalue weighted by Gasteiger charge is 2.11. The van der Waals surface area contributed by atoms with Crippen LogP contribution < -0.4 is 5.43 Å². The number of carbonyl (C=O) groups is 1. The number of hydrogen-bond acceptors (Lipinski definition) is 6. The van der Waals surface area contributed by atoms with E-state index in [0.717, 1.165) is 32.8 Å². The van der Waals surface area contributed by atoms with Crippen LogP contribution in [-0.4, -0.2) is 26.7 Å². The molecule has 0 radical (unpaired) electrons. The highest BCUT2D eigenvalue weighted by Crippen LogP contribution is 2.21. The number of hydrogen-bond donors (Lipinski definition) is 1. The molecule has 24 heavy (non-hydrogen) atoms. The largest absolute Gasteiger partial charge is 0.294 e. The van der Waals surface area contributed by atoms with Crippen molar-refractivity contribution in [3.05, 3.63) is 50.7 Å². The molecule has 0 aliphatic carbocycles. The Bertz CT molecular complexity index is 877. The van der Waals surface area contributed by atoms with Gasteiger partial charge in [-0.25, -0.2) is 15.4 Å². The number of rotatable bonds is 5. The van der Waals surface area contributed by atoms with E-state index in [1.54, 1.807) is 23.7 Å². The summed E-state index contributed by atoms with van der Waals surface area (Å²) in [6.07, 6.45) is 3.69. The first kappa shape index (κ1) is 16.5. The molecule has 0 atom stereocenters. The van der Waals surface area contributed by atoms with Crippen molar-refractivity contribution in [2.75, 3.05) is 0 Å². The summed E-state index contributed by atoms with van der Waals surface area (Å²) in [7, 11) is 0. The van der Waals surface area contributed by atoms with Crippen LogP contribution in [0.1, 0.15) is 27.7 Å². The van der Waals surface area contributed by atoms with Crippen LogP contribution in [0, 0.1) is 20.8 Å². The highest BCUT2D eigenvalue weighted by atomic mass is 32.1. The van der Waals surface area contributed by atoms with Gasteiger partial charge in [0.15, 0.2) is 5.13 Å². The zero-order valence-electron chi connectivity index (χ0n) is 13.6. The van der Waals surface area contributed by atoms with E-state index in [2.05, 4.69) is 25.1 Å². The Labute approximate surface area is 147 Å². The van der Waals surface area contributed by atoms with E-state index in [-0.39, 0.29) is 12.3 Å². The Morgan fingerprint density at radius 2 is 2.21 bits per heavy atom. The van der Waals surface area contributed by atoms with Crippen molar-refractivity contribution in [2.45, 2.75) is 27.2 Å². The van der Waals surface area contributed by atoms with Gasteiger partial charge in [0.25, 0.3) is 0 Å². The molecule has 124 valence electrons. The zero-order valence-corrected chi connectivity index (χ0v) is 15.2. The number of amides is 1. The molecule has 0 fully saturated rings. The quantitative estimate of drug-likeness (QED) is 0.562. The molecule has 0 saturated heterocycles. The van der Waals surface area contributed by atoms with Gasteiger partial charge in [-0.1, -0.05) is 0 Å². The average Bonchev–Trinajstić information content (AvgIpc) is 3.23. The van der Waals surface area contributed by atoms with Crippen molar-refractivity contribution in [1.82, 2.24) is 20.0 Å². The molecule has 3 aromatic rings. The van der Waals surface area contributed by atoms with Crippen LogP contribution in [0.15, 0.2) is 28.1 Å². The second-order valence-corrected chi connectivity index (χ2v) is 7.14. The molecule has 0 aromatic carbocycles. The molecule has 0 saturated carbocycles. The van der Waals surface area contributed by atoms with Crippen LogP contribution in [0.2, 0.25) is 0 Å². The first-order valence-corrected chi connectivity index (χ1v) is 9.12. The lowest BCUT2D eigenvalue weighted by atomic mass is 10.3. The molecule has 0 aliphatic rings. The minimum Gasteiger partial charge on any atom is -0.294 e. The maximum Gasteiger partial charge on any atom is 0.246 e. The number of aromatic nitrogens is 3. The fraction of sp³-hybridized carbons (Fsp3) is 0.250. The van der Waals surface area contributed by atoms with Crippen molar-refractivity contribution < 1.29 is 4.79 Å². The van der Waals surface area contributed by atoms with E-state index >= 15 is 0 Å². The fourth-order valence-corrected chi connectivity index (χ4v) is 3.90. The molecule has 8 heteroatoms. The van der Waals surface area contributed by atoms with Crippen LogP contribution in [0.25, 0.3) is 5.13 Å². The monoisotopic (exact) mass is 359 g/mol. The summed E-state index contributed by atoms with van der Waals surface area (Å²) in [5.74, 6) is -0.172. The van der Waals surface area contributed by atoms with Gasteiger partial charge >= 0.3 is 0 Å². The smallest absolute Gasteiger partial charge is 0.246 e. The summed E-state index contributed by atoms with van der Waals surface area (Å²) in [6, 6.07) is 2.02. The van der Waals surface area contributed by atoms with Crippen LogP contribution >= 0.6 is 22.7 Å². The lowest BCUT2D eigenvalue weighted by Crippen LogP contribution is -2.19. The molecule has 6 nitrogen and oxygen atoms in total. The Balaban J connectivity index is 1.67. The van der Waals surface area contributed by atoms with Gasteiger partial charge in [0.2, 0.25) is 5.91 Å². The highest BCUT2D eigenvalue weighted by molar-refractivity contribution is 7.12. The van der Waals surface area contributed by atoms with Crippen molar-refractivity contribution in [3.63, 3.8) is 0 Å². The van der Waals surface area contributed by atoms with E-state index in [1.165, 1.54) is 11.3 Å². The normalized spacial score (nSPS) is 11.3. The van der Waals surface area contributed by atoms with Crippen molar-refractivity contribution in [2.24, 2.45) is 5.10 Å². The number of aryl methyl sites for hydroxylation is 2. The Morgan fingerprint density at radius 1 is 1.38 bits per heavy atom. The van der Waals surface area contributed by atoms with Crippen LogP contribution in [-0.2, 0) is 11.2 Å². The van der Waals surface area contributed by atoms with Gasteiger partial charge in [0, 0.05) is 39.6 Å². The van der Waals surface area contributed by atoms with Gasteiger partial charge in [-0.05, 0) is 26.8 Å². The van der Waals surface area contributed by atoms with Crippen molar-refractivity contribution >= 4 is 34.8 Å². The minimum absolute atomic E-state index is 0.172. The number of nitrogens with zero attached hydrogens (tertiary/aromatic N) is 4. The van der Waals surface area contributed by atoms with Gasteiger partial charge < -0.3 is 0 Å². The molecule has 0 unspecified atom stereocenters. The summed E-state index contributed by atoms with van der Waals surface area (Å²) in [4.78, 5) is 20.5. The number of thiazole rings is 2. The lowest BCUT2D eigenvalue weighted by Gasteiger charge is -2.04. The van der Waals surface area contributed by atoms with E-state index in [9.17, 15) is 4.79 Å². The zero-order chi connectivity index (χ0) is 17.1. The summed E-state index contributed by atoms with van der Waals surface area (Å²) in [5.41, 5.74) is 6.55. The van der Waals surface area contributed by atoms with Crippen molar-refractivity contribution in [1.29, 1.82) is 0 Å². The molecule has 1 N–H and O–H groups in total. The summed E-state index contributed by atoms with van der Waals surface area (Å²) in [5, 5.41) is 9.66. The van der Waals surface area contributed by atoms with Crippen LogP contribution in [0.3, 0.4) is 0 Å². The average molecular weight is 359 g/mol. The summed E-state index contributed by atoms with van der Waals surface area (Å²) < 4.78 is 2.08. The first-order valence-electron chi connectivity index (χ1n) is 7.36. The maximum atomic E-state index is 11.9. The van der Waals surface area contributed by atoms with E-state index in [0.29, 0.717) is 0 Å². The van der Waals surface area contributed by atoms with E-state index in [4.69, 9.17) is 0 Å². The fourth-order valence-electron chi connectivity index (χ4n) is 2.37. The van der Waals surface area contributed by atoms with Gasteiger partial charge in [-0.15, -0.1) is 22.7 Å². The predicted molar refractivity (Wildman–Crippen MR) is 97.2 cm³/mol. The van der Waals surface area contributed by atoms with Gasteiger partial charge in [0.1, 0.15) is 5.01 Å². The molecule has 0 spiro atoms. The third-order valence-electron chi connectivity index (χ3n) is 3.45. The topological polar surface area (TPSA) is 72.2 Å². The van der Waals surface area contributed by atoms with E-state index < -0.39 is 0 Å². The van der Waals surface area contributed by atoms with E-state index in [1.807, 2.05) is 37.6 Å². The summed E-state index contributed by atoms with van der Waals surface area (Å²) >= 11 is 3.06. The lowest BCUT2D eigenvalue weighted by molar-refractivity contribution is -0.120.